The lowest BCUT2D eigenvalue weighted by Gasteiger charge is -2.31. The van der Waals surface area contributed by atoms with Crippen LogP contribution in [-0.4, -0.2) is 41.6 Å². The Morgan fingerprint density at radius 1 is 0.791 bits per heavy atom. The average molecular weight is 583 g/mol. The fraction of sp³-hybridized carbons (Fsp3) is 0.432. The molecule has 6 heteroatoms. The summed E-state index contributed by atoms with van der Waals surface area (Å²) < 4.78 is 2.35. The van der Waals surface area contributed by atoms with Crippen LogP contribution in [0.15, 0.2) is 75.3 Å². The number of benzene rings is 1. The molecule has 2 aromatic carbocycles. The maximum absolute atomic E-state index is 13.0. The van der Waals surface area contributed by atoms with Crippen LogP contribution >= 0.6 is 0 Å². The summed E-state index contributed by atoms with van der Waals surface area (Å²) in [5.41, 5.74) is 2.85. The number of aliphatic hydroxyl groups excluding tert-OH is 1. The van der Waals surface area contributed by atoms with Gasteiger partial charge in [-0.1, -0.05) is 71.3 Å². The van der Waals surface area contributed by atoms with E-state index in [4.69, 9.17) is 0 Å². The van der Waals surface area contributed by atoms with Gasteiger partial charge in [0.15, 0.2) is 5.71 Å². The third kappa shape index (κ3) is 7.01. The Bertz CT molecular complexity index is 1590. The molecule has 0 aliphatic heterocycles. The molecule has 1 N–H and O–H groups in total. The number of rotatable bonds is 15. The van der Waals surface area contributed by atoms with Gasteiger partial charge in [-0.05, 0) is 54.3 Å². The van der Waals surface area contributed by atoms with Gasteiger partial charge in [0.25, 0.3) is 0 Å². The van der Waals surface area contributed by atoms with E-state index < -0.39 is 10.9 Å². The first-order valence-electron chi connectivity index (χ1n) is 16.1. The molecule has 2 aromatic rings. The first-order chi connectivity index (χ1) is 20.9. The van der Waals surface area contributed by atoms with Crippen LogP contribution in [0.2, 0.25) is 0 Å². The number of hydrogen-bond donors (Lipinski definition) is 1. The maximum atomic E-state index is 13.0. The van der Waals surface area contributed by atoms with Gasteiger partial charge in [-0.25, -0.2) is 4.58 Å². The van der Waals surface area contributed by atoms with E-state index in [1.54, 1.807) is 0 Å². The molecule has 0 amide bonds. The molecule has 2 aliphatic rings. The summed E-state index contributed by atoms with van der Waals surface area (Å²) in [6.07, 6.45) is 17.8. The lowest BCUT2D eigenvalue weighted by Crippen LogP contribution is -2.65. The minimum Gasteiger partial charge on any atom is -0.871 e. The van der Waals surface area contributed by atoms with Crippen LogP contribution in [0.4, 0.5) is 5.69 Å². The quantitative estimate of drug-likeness (QED) is 0.315. The molecule has 6 nitrogen and oxygen atoms in total. The highest BCUT2D eigenvalue weighted by Gasteiger charge is 2.24. The largest absolute Gasteiger partial charge is 0.871 e. The zero-order chi connectivity index (χ0) is 30.9. The van der Waals surface area contributed by atoms with Crippen molar-refractivity contribution in [1.82, 2.24) is 0 Å². The molecular weight excluding hydrogens is 536 g/mol. The molecule has 0 radical (unpaired) electrons. The van der Waals surface area contributed by atoms with E-state index in [0.29, 0.717) is 11.1 Å². The third-order valence-corrected chi connectivity index (χ3v) is 8.36. The van der Waals surface area contributed by atoms with E-state index >= 15 is 0 Å². The standard InChI is InChI=1S/C37H46N2O4/c1-5-9-21-38(22-10-6-2)28-17-13-26(14-18-28)32-34(40)30(35(32)41)25-31-36(42)33(37(31)43)27-15-19-29(20-16-27)39(23-11-7-3)24-12-8-4/h13-20,25H,5-12,21-24H2,1-4H3,(H-,40,41,42,43). The molecule has 4 rings (SSSR count). The van der Waals surface area contributed by atoms with Crippen LogP contribution in [-0.2, 0) is 0 Å². The third-order valence-electron chi connectivity index (χ3n) is 8.36. The normalized spacial score (nSPS) is 14.6. The van der Waals surface area contributed by atoms with Gasteiger partial charge in [0.05, 0.1) is 10.4 Å². The summed E-state index contributed by atoms with van der Waals surface area (Å²) in [6, 6.07) is 7.69. The van der Waals surface area contributed by atoms with Gasteiger partial charge < -0.3 is 15.1 Å². The van der Waals surface area contributed by atoms with Crippen molar-refractivity contribution in [2.75, 3.05) is 31.1 Å². The monoisotopic (exact) mass is 582 g/mol. The highest BCUT2D eigenvalue weighted by Crippen LogP contribution is 2.38. The Morgan fingerprint density at radius 2 is 1.33 bits per heavy atom. The second kappa shape index (κ2) is 15.0. The molecule has 0 aromatic heterocycles. The molecule has 2 aliphatic carbocycles. The van der Waals surface area contributed by atoms with E-state index in [2.05, 4.69) is 37.2 Å². The van der Waals surface area contributed by atoms with Crippen LogP contribution in [0, 0.1) is 0 Å². The van der Waals surface area contributed by atoms with Crippen LogP contribution in [0.25, 0.3) is 17.2 Å². The summed E-state index contributed by atoms with van der Waals surface area (Å²) >= 11 is 0. The molecule has 43 heavy (non-hydrogen) atoms. The number of anilines is 1. The van der Waals surface area contributed by atoms with Crippen molar-refractivity contribution in [3.8, 4) is 0 Å². The van der Waals surface area contributed by atoms with E-state index in [-0.39, 0.29) is 33.1 Å². The lowest BCUT2D eigenvalue weighted by molar-refractivity contribution is -0.527. The predicted octanol–water partition coefficient (Wildman–Crippen LogP) is 4.40. The molecule has 0 saturated heterocycles. The highest BCUT2D eigenvalue weighted by atomic mass is 16.3. The Kier molecular flexibility index (Phi) is 11.2. The zero-order valence-electron chi connectivity index (χ0n) is 26.2. The minimum absolute atomic E-state index is 0.0141. The summed E-state index contributed by atoms with van der Waals surface area (Å²) in [6.45, 7) is 12.6. The van der Waals surface area contributed by atoms with Crippen LogP contribution in [0.1, 0.15) is 84.6 Å². The molecule has 228 valence electrons. The molecule has 0 heterocycles. The molecule has 0 atom stereocenters. The van der Waals surface area contributed by atoms with Crippen molar-refractivity contribution in [1.29, 1.82) is 0 Å². The number of hydrogen-bond acceptors (Lipinski definition) is 5. The van der Waals surface area contributed by atoms with Crippen molar-refractivity contribution in [2.24, 2.45) is 0 Å². The fourth-order valence-electron chi connectivity index (χ4n) is 5.59. The van der Waals surface area contributed by atoms with E-state index in [1.807, 2.05) is 48.6 Å². The van der Waals surface area contributed by atoms with Gasteiger partial charge in [-0.15, -0.1) is 0 Å². The SMILES string of the molecule is CCCCN(CCCC)c1ccc(C2=C([O-])C(C=c3c(=O)c(=C4C=CC(=[N+](CCCC)CCCC)C=C4)c3=O)=C2O)cc1. The topological polar surface area (TPSA) is 83.7 Å². The zero-order valence-corrected chi connectivity index (χ0v) is 26.2. The van der Waals surface area contributed by atoms with E-state index in [1.165, 1.54) is 6.08 Å². The summed E-state index contributed by atoms with van der Waals surface area (Å²) in [5, 5.41) is 23.9. The van der Waals surface area contributed by atoms with Crippen molar-refractivity contribution in [3.63, 3.8) is 0 Å². The van der Waals surface area contributed by atoms with E-state index in [0.717, 1.165) is 88.9 Å². The van der Waals surface area contributed by atoms with Crippen molar-refractivity contribution < 1.29 is 14.8 Å². The summed E-state index contributed by atoms with van der Waals surface area (Å²) in [4.78, 5) is 28.4. The predicted molar refractivity (Wildman–Crippen MR) is 177 cm³/mol. The van der Waals surface area contributed by atoms with Gasteiger partial charge in [0.1, 0.15) is 18.8 Å². The van der Waals surface area contributed by atoms with Crippen molar-refractivity contribution >= 4 is 28.6 Å². The summed E-state index contributed by atoms with van der Waals surface area (Å²) in [5.74, 6) is -0.527. The second-order valence-electron chi connectivity index (χ2n) is 11.5. The number of nitrogens with zero attached hydrogens (tertiary/aromatic N) is 2. The first kappa shape index (κ1) is 32.0. The van der Waals surface area contributed by atoms with Gasteiger partial charge >= 0.3 is 0 Å². The summed E-state index contributed by atoms with van der Waals surface area (Å²) in [7, 11) is 0. The minimum atomic E-state index is -0.392. The van der Waals surface area contributed by atoms with Crippen molar-refractivity contribution in [2.45, 2.75) is 79.1 Å². The highest BCUT2D eigenvalue weighted by molar-refractivity contribution is 6.05. The number of unbranched alkanes of at least 4 members (excludes halogenated alkanes) is 4. The van der Waals surface area contributed by atoms with E-state index in [9.17, 15) is 19.8 Å². The molecule has 0 bridgehead atoms. The van der Waals surface area contributed by atoms with Crippen LogP contribution in [0.5, 0.6) is 0 Å². The Morgan fingerprint density at radius 3 is 1.81 bits per heavy atom. The smallest absolute Gasteiger partial charge is 0.201 e. The molecule has 0 spiro atoms. The van der Waals surface area contributed by atoms with Gasteiger partial charge in [0, 0.05) is 54.9 Å². The molecule has 0 fully saturated rings. The fourth-order valence-corrected chi connectivity index (χ4v) is 5.59. The average Bonchev–Trinajstić information content (AvgIpc) is 3.02. The maximum Gasteiger partial charge on any atom is 0.201 e. The van der Waals surface area contributed by atoms with Crippen LogP contribution < -0.4 is 31.3 Å². The Balaban J connectivity index is 1.55. The second-order valence-corrected chi connectivity index (χ2v) is 11.5. The van der Waals surface area contributed by atoms with Gasteiger partial charge in [0.2, 0.25) is 10.9 Å². The lowest BCUT2D eigenvalue weighted by atomic mass is 9.87. The number of allylic oxidation sites excluding steroid dienone is 6. The molecule has 0 unspecified atom stereocenters. The van der Waals surface area contributed by atoms with Crippen LogP contribution in [0.3, 0.4) is 0 Å². The molecular formula is C37H46N2O4. The first-order valence-corrected chi connectivity index (χ1v) is 16.1. The van der Waals surface area contributed by atoms with Gasteiger partial charge in [-0.2, -0.15) is 0 Å². The number of aliphatic hydroxyl groups is 1. The Hall–Kier alpha value is -3.93. The Labute approximate surface area is 255 Å². The van der Waals surface area contributed by atoms with Gasteiger partial charge in [-0.3, -0.25) is 9.59 Å². The molecule has 0 saturated carbocycles. The van der Waals surface area contributed by atoms with Crippen molar-refractivity contribution in [3.05, 3.63) is 102 Å².